The van der Waals surface area contributed by atoms with Gasteiger partial charge in [-0.3, -0.25) is 4.79 Å². The number of nitrogens with one attached hydrogen (secondary N) is 1. The summed E-state index contributed by atoms with van der Waals surface area (Å²) in [6.07, 6.45) is 4.36. The number of rotatable bonds is 2. The first kappa shape index (κ1) is 15.1. The Hall–Kier alpha value is -3.15. The minimum absolute atomic E-state index is 0.0516. The summed E-state index contributed by atoms with van der Waals surface area (Å²) >= 11 is 0. The summed E-state index contributed by atoms with van der Waals surface area (Å²) in [5, 5.41) is 7.72. The van der Waals surface area contributed by atoms with Gasteiger partial charge in [-0.2, -0.15) is 10.1 Å². The number of anilines is 1. The van der Waals surface area contributed by atoms with E-state index in [2.05, 4.69) is 34.5 Å². The van der Waals surface area contributed by atoms with E-state index in [-0.39, 0.29) is 17.7 Å². The molecule has 2 aromatic heterocycles. The summed E-state index contributed by atoms with van der Waals surface area (Å²) in [5.41, 5.74) is 3.93. The molecule has 0 bridgehead atoms. The normalized spacial score (nSPS) is 22.0. The highest BCUT2D eigenvalue weighted by Gasteiger charge is 2.40. The fraction of sp³-hybridized carbons (Fsp3) is 0.250. The van der Waals surface area contributed by atoms with Crippen LogP contribution in [0.3, 0.4) is 0 Å². The number of aromatic nitrogens is 3. The Morgan fingerprint density at radius 3 is 2.88 bits per heavy atom. The van der Waals surface area contributed by atoms with Crippen LogP contribution in [0.25, 0.3) is 0 Å². The Balaban J connectivity index is 1.65. The minimum Gasteiger partial charge on any atom is -0.469 e. The van der Waals surface area contributed by atoms with Gasteiger partial charge in [0.25, 0.3) is 0 Å². The number of hydrogen-bond donors (Lipinski definition) is 1. The fourth-order valence-corrected chi connectivity index (χ4v) is 4.06. The fourth-order valence-electron chi connectivity index (χ4n) is 4.06. The molecule has 6 nitrogen and oxygen atoms in total. The zero-order valence-electron chi connectivity index (χ0n) is 14.3. The molecule has 1 N–H and O–H groups in total. The molecular formula is C20H18N4O2. The first-order valence-electron chi connectivity index (χ1n) is 8.74. The van der Waals surface area contributed by atoms with Crippen molar-refractivity contribution in [1.82, 2.24) is 14.8 Å². The van der Waals surface area contributed by atoms with Crippen molar-refractivity contribution in [1.29, 1.82) is 0 Å². The molecule has 3 aromatic rings. The molecule has 1 aliphatic heterocycles. The second-order valence-corrected chi connectivity index (χ2v) is 6.85. The molecule has 0 fully saturated rings. The number of ketones is 1. The van der Waals surface area contributed by atoms with E-state index in [0.29, 0.717) is 12.4 Å². The van der Waals surface area contributed by atoms with Gasteiger partial charge in [-0.15, -0.1) is 0 Å². The predicted molar refractivity (Wildman–Crippen MR) is 95.7 cm³/mol. The molecule has 1 aromatic carbocycles. The summed E-state index contributed by atoms with van der Waals surface area (Å²) in [7, 11) is 0. The Morgan fingerprint density at radius 2 is 2.08 bits per heavy atom. The Labute approximate surface area is 150 Å². The summed E-state index contributed by atoms with van der Waals surface area (Å²) < 4.78 is 7.36. The highest BCUT2D eigenvalue weighted by Crippen LogP contribution is 2.44. The molecule has 26 heavy (non-hydrogen) atoms. The minimum atomic E-state index is -0.241. The molecule has 3 heterocycles. The summed E-state index contributed by atoms with van der Waals surface area (Å²) in [6, 6.07) is 11.7. The second-order valence-electron chi connectivity index (χ2n) is 6.85. The first-order valence-corrected chi connectivity index (χ1v) is 8.74. The maximum Gasteiger partial charge on any atom is 0.226 e. The van der Waals surface area contributed by atoms with E-state index in [4.69, 9.17) is 4.42 Å². The van der Waals surface area contributed by atoms with Crippen molar-refractivity contribution in [2.75, 3.05) is 5.32 Å². The second kappa shape index (κ2) is 5.69. The van der Waals surface area contributed by atoms with Gasteiger partial charge in [0.2, 0.25) is 5.95 Å². The summed E-state index contributed by atoms with van der Waals surface area (Å²) in [6.45, 7) is 2.06. The van der Waals surface area contributed by atoms with Gasteiger partial charge >= 0.3 is 0 Å². The van der Waals surface area contributed by atoms with Crippen LogP contribution in [0.2, 0.25) is 0 Å². The predicted octanol–water partition coefficient (Wildman–Crippen LogP) is 3.60. The Bertz CT molecular complexity index is 1020. The van der Waals surface area contributed by atoms with Gasteiger partial charge in [-0.05, 0) is 36.6 Å². The Morgan fingerprint density at radius 1 is 1.19 bits per heavy atom. The van der Waals surface area contributed by atoms with E-state index < -0.39 is 0 Å². The zero-order valence-corrected chi connectivity index (χ0v) is 14.3. The number of allylic oxidation sites excluding steroid dienone is 2. The third kappa shape index (κ3) is 2.22. The zero-order chi connectivity index (χ0) is 17.7. The van der Waals surface area contributed by atoms with Crippen LogP contribution in [0.5, 0.6) is 0 Å². The molecule has 1 aliphatic carbocycles. The van der Waals surface area contributed by atoms with E-state index >= 15 is 0 Å². The van der Waals surface area contributed by atoms with Gasteiger partial charge < -0.3 is 9.73 Å². The van der Waals surface area contributed by atoms with Crippen LogP contribution < -0.4 is 5.32 Å². The van der Waals surface area contributed by atoms with E-state index in [1.807, 2.05) is 28.9 Å². The topological polar surface area (TPSA) is 73.0 Å². The third-order valence-corrected chi connectivity index (χ3v) is 5.29. The van der Waals surface area contributed by atoms with E-state index in [1.54, 1.807) is 6.26 Å². The first-order chi connectivity index (χ1) is 12.7. The van der Waals surface area contributed by atoms with Crippen LogP contribution in [0.4, 0.5) is 5.95 Å². The van der Waals surface area contributed by atoms with Gasteiger partial charge in [0.1, 0.15) is 18.1 Å². The van der Waals surface area contributed by atoms with Crippen molar-refractivity contribution in [3.05, 3.63) is 77.1 Å². The van der Waals surface area contributed by atoms with Gasteiger partial charge in [0.05, 0.1) is 6.26 Å². The highest BCUT2D eigenvalue weighted by atomic mass is 16.3. The highest BCUT2D eigenvalue weighted by molar-refractivity contribution is 6.00. The van der Waals surface area contributed by atoms with Gasteiger partial charge in [0.15, 0.2) is 5.78 Å². The standard InChI is InChI=1S/C20H18N4O2/c1-12-5-2-3-6-14(12)19-18-15(23-20-21-11-22-24(19)20)9-13(10-16(18)25)17-7-4-8-26-17/h2-8,11,13,19H,9-10H2,1H3,(H,21,22,23)/t13-,19+/m0/s1. The third-order valence-electron chi connectivity index (χ3n) is 5.29. The lowest BCUT2D eigenvalue weighted by molar-refractivity contribution is -0.117. The van der Waals surface area contributed by atoms with Gasteiger partial charge in [-0.1, -0.05) is 24.3 Å². The van der Waals surface area contributed by atoms with Crippen molar-refractivity contribution in [2.45, 2.75) is 31.7 Å². The van der Waals surface area contributed by atoms with Crippen LogP contribution in [-0.2, 0) is 4.79 Å². The van der Waals surface area contributed by atoms with E-state index in [1.165, 1.54) is 6.33 Å². The molecule has 0 saturated carbocycles. The molecule has 0 radical (unpaired) electrons. The quantitative estimate of drug-likeness (QED) is 0.767. The average Bonchev–Trinajstić information content (AvgIpc) is 3.32. The van der Waals surface area contributed by atoms with Crippen LogP contribution in [-0.4, -0.2) is 20.5 Å². The molecular weight excluding hydrogens is 328 g/mol. The van der Waals surface area contributed by atoms with Crippen molar-refractivity contribution < 1.29 is 9.21 Å². The number of carbonyl (C=O) groups is 1. The number of carbonyl (C=O) groups excluding carboxylic acids is 1. The lowest BCUT2D eigenvalue weighted by atomic mass is 9.79. The lowest BCUT2D eigenvalue weighted by Gasteiger charge is -2.35. The van der Waals surface area contributed by atoms with Crippen LogP contribution in [0, 0.1) is 6.92 Å². The summed E-state index contributed by atoms with van der Waals surface area (Å²) in [4.78, 5) is 17.5. The monoisotopic (exact) mass is 346 g/mol. The van der Waals surface area contributed by atoms with Crippen LogP contribution in [0.1, 0.15) is 41.7 Å². The molecule has 0 saturated heterocycles. The molecule has 6 heteroatoms. The Kier molecular flexibility index (Phi) is 3.31. The molecule has 0 amide bonds. The number of nitrogens with zero attached hydrogens (tertiary/aromatic N) is 3. The van der Waals surface area contributed by atoms with Gasteiger partial charge in [-0.25, -0.2) is 4.68 Å². The van der Waals surface area contributed by atoms with Crippen molar-refractivity contribution in [2.24, 2.45) is 0 Å². The number of Topliss-reactive ketones (excluding diaryl/α,β-unsaturated/α-hetero) is 1. The SMILES string of the molecule is Cc1ccccc1[C@@H]1C2=C(C[C@H](c3ccco3)CC2=O)Nc2ncnn21. The number of furan rings is 1. The molecule has 130 valence electrons. The van der Waals surface area contributed by atoms with Crippen molar-refractivity contribution >= 4 is 11.7 Å². The van der Waals surface area contributed by atoms with Crippen molar-refractivity contribution in [3.63, 3.8) is 0 Å². The van der Waals surface area contributed by atoms with Crippen molar-refractivity contribution in [3.8, 4) is 0 Å². The number of fused-ring (bicyclic) bond motifs is 1. The molecule has 0 spiro atoms. The smallest absolute Gasteiger partial charge is 0.226 e. The van der Waals surface area contributed by atoms with E-state index in [0.717, 1.165) is 34.6 Å². The lowest BCUT2D eigenvalue weighted by Crippen LogP contribution is -2.33. The van der Waals surface area contributed by atoms with Crippen LogP contribution in [0.15, 0.2) is 64.7 Å². The average molecular weight is 346 g/mol. The maximum absolute atomic E-state index is 13.2. The largest absolute Gasteiger partial charge is 0.469 e. The maximum atomic E-state index is 13.2. The van der Waals surface area contributed by atoms with Gasteiger partial charge in [0, 0.05) is 23.6 Å². The van der Waals surface area contributed by atoms with Crippen LogP contribution >= 0.6 is 0 Å². The molecule has 0 unspecified atom stereocenters. The molecule has 5 rings (SSSR count). The summed E-state index contributed by atoms with van der Waals surface area (Å²) in [5.74, 6) is 1.71. The number of aryl methyl sites for hydroxylation is 1. The number of hydrogen-bond acceptors (Lipinski definition) is 5. The molecule has 2 aliphatic rings. The number of benzene rings is 1. The van der Waals surface area contributed by atoms with E-state index in [9.17, 15) is 4.79 Å². The molecule has 2 atom stereocenters.